The topological polar surface area (TPSA) is 93.9 Å². The molecule has 1 aliphatic rings. The van der Waals surface area contributed by atoms with Crippen LogP contribution in [0.25, 0.3) is 17.0 Å². The Morgan fingerprint density at radius 3 is 2.88 bits per heavy atom. The van der Waals surface area contributed by atoms with Crippen LogP contribution < -0.4 is 14.8 Å². The molecule has 9 nitrogen and oxygen atoms in total. The highest BCUT2D eigenvalue weighted by Crippen LogP contribution is 2.33. The van der Waals surface area contributed by atoms with E-state index in [-0.39, 0.29) is 12.0 Å². The smallest absolute Gasteiger partial charge is 0.227 e. The zero-order chi connectivity index (χ0) is 23.7. The van der Waals surface area contributed by atoms with Gasteiger partial charge in [-0.05, 0) is 24.3 Å². The highest BCUT2D eigenvalue weighted by molar-refractivity contribution is 6.32. The van der Waals surface area contributed by atoms with Crippen molar-refractivity contribution in [2.45, 2.75) is 19.4 Å². The number of aromatic nitrogens is 4. The lowest BCUT2D eigenvalue weighted by atomic mass is 10.2. The second-order valence-electron chi connectivity index (χ2n) is 7.94. The second-order valence-corrected chi connectivity index (χ2v) is 8.35. The summed E-state index contributed by atoms with van der Waals surface area (Å²) in [6, 6.07) is 11.3. The van der Waals surface area contributed by atoms with E-state index in [0.717, 1.165) is 17.8 Å². The number of imidazole rings is 1. The van der Waals surface area contributed by atoms with E-state index in [2.05, 4.69) is 20.3 Å². The quantitative estimate of drug-likeness (QED) is 0.444. The van der Waals surface area contributed by atoms with Crippen LogP contribution in [0.1, 0.15) is 13.3 Å². The van der Waals surface area contributed by atoms with Crippen molar-refractivity contribution >= 4 is 34.8 Å². The lowest BCUT2D eigenvalue weighted by Crippen LogP contribution is -2.28. The summed E-state index contributed by atoms with van der Waals surface area (Å²) in [7, 11) is 1.59. The van der Waals surface area contributed by atoms with Crippen LogP contribution >= 0.6 is 11.6 Å². The average molecular weight is 479 g/mol. The van der Waals surface area contributed by atoms with Crippen LogP contribution in [0.4, 0.5) is 11.6 Å². The number of hydrogen-bond donors (Lipinski definition) is 1. The van der Waals surface area contributed by atoms with Crippen molar-refractivity contribution in [3.8, 4) is 22.9 Å². The number of amides is 1. The molecule has 0 radical (unpaired) electrons. The molecule has 4 heterocycles. The summed E-state index contributed by atoms with van der Waals surface area (Å²) >= 11 is 6.42. The Bertz CT molecular complexity index is 1360. The van der Waals surface area contributed by atoms with Crippen LogP contribution in [0.2, 0.25) is 5.02 Å². The highest BCUT2D eigenvalue weighted by Gasteiger charge is 2.25. The summed E-state index contributed by atoms with van der Waals surface area (Å²) in [6.45, 7) is 2.87. The average Bonchev–Trinajstić information content (AvgIpc) is 3.49. The van der Waals surface area contributed by atoms with Crippen LogP contribution in [-0.2, 0) is 4.79 Å². The normalized spacial score (nSPS) is 15.5. The van der Waals surface area contributed by atoms with Gasteiger partial charge in [0.15, 0.2) is 0 Å². The molecule has 0 spiro atoms. The van der Waals surface area contributed by atoms with Gasteiger partial charge >= 0.3 is 0 Å². The third-order valence-electron chi connectivity index (χ3n) is 5.72. The summed E-state index contributed by atoms with van der Waals surface area (Å²) in [4.78, 5) is 26.7. The van der Waals surface area contributed by atoms with Crippen molar-refractivity contribution in [3.05, 3.63) is 60.0 Å². The minimum atomic E-state index is -0.0416. The molecule has 1 aromatic carbocycles. The fraction of sp³-hybridized carbons (Fsp3) is 0.250. The van der Waals surface area contributed by atoms with Gasteiger partial charge in [-0.3, -0.25) is 9.20 Å². The van der Waals surface area contributed by atoms with Gasteiger partial charge in [-0.1, -0.05) is 17.7 Å². The molecular weight excluding hydrogens is 456 g/mol. The van der Waals surface area contributed by atoms with Gasteiger partial charge in [0.05, 0.1) is 42.5 Å². The highest BCUT2D eigenvalue weighted by atomic mass is 35.5. The number of fused-ring (bicyclic) bond motifs is 1. The number of halogens is 1. The molecule has 0 bridgehead atoms. The van der Waals surface area contributed by atoms with Gasteiger partial charge < -0.3 is 19.7 Å². The van der Waals surface area contributed by atoms with Crippen molar-refractivity contribution in [2.24, 2.45) is 0 Å². The molecule has 1 saturated heterocycles. The second kappa shape index (κ2) is 9.18. The Hall–Kier alpha value is -3.85. The summed E-state index contributed by atoms with van der Waals surface area (Å²) in [5.74, 6) is 1.68. The maximum atomic E-state index is 11.6. The molecule has 174 valence electrons. The van der Waals surface area contributed by atoms with Crippen LogP contribution in [0.15, 0.2) is 55.0 Å². The Balaban J connectivity index is 1.37. The predicted octanol–water partition coefficient (Wildman–Crippen LogP) is 4.20. The van der Waals surface area contributed by atoms with Gasteiger partial charge in [-0.15, -0.1) is 0 Å². The fourth-order valence-corrected chi connectivity index (χ4v) is 4.17. The minimum absolute atomic E-state index is 0.0416. The van der Waals surface area contributed by atoms with Crippen molar-refractivity contribution < 1.29 is 14.3 Å². The van der Waals surface area contributed by atoms with E-state index in [1.807, 2.05) is 40.9 Å². The molecule has 5 rings (SSSR count). The number of pyridine rings is 1. The number of nitrogens with zero attached hydrogens (tertiary/aromatic N) is 5. The number of methoxy groups -OCH3 is 1. The van der Waals surface area contributed by atoms with E-state index >= 15 is 0 Å². The molecule has 1 fully saturated rings. The largest absolute Gasteiger partial charge is 0.494 e. The summed E-state index contributed by atoms with van der Waals surface area (Å²) in [5, 5.41) is 3.62. The molecule has 0 saturated carbocycles. The number of hydrogen-bond acceptors (Lipinski definition) is 7. The van der Waals surface area contributed by atoms with Crippen LogP contribution in [-0.4, -0.2) is 56.5 Å². The van der Waals surface area contributed by atoms with Crippen LogP contribution in [0.3, 0.4) is 0 Å². The zero-order valence-corrected chi connectivity index (χ0v) is 19.5. The maximum absolute atomic E-state index is 11.6. The third-order valence-corrected chi connectivity index (χ3v) is 5.99. The molecule has 10 heteroatoms. The molecule has 4 aromatic rings. The third kappa shape index (κ3) is 4.34. The molecule has 0 aliphatic carbocycles. The Labute approximate surface area is 201 Å². The molecule has 3 aromatic heterocycles. The lowest BCUT2D eigenvalue weighted by Gasteiger charge is -2.17. The predicted molar refractivity (Wildman–Crippen MR) is 129 cm³/mol. The standard InChI is InChI=1S/C24H23ClN6O3/c1-15(32)30-10-8-17(14-30)34-16-6-7-19(21(11-16)33-2)28-24-27-12-18(25)23(29-24)20-13-26-22-5-3-4-9-31(20)22/h3-7,9,11-13,17H,8,10,14H2,1-2H3,(H,27,28,29)/t17-/m0/s1. The van der Waals surface area contributed by atoms with E-state index in [1.165, 1.54) is 0 Å². The van der Waals surface area contributed by atoms with E-state index in [9.17, 15) is 4.79 Å². The Morgan fingerprint density at radius 2 is 2.09 bits per heavy atom. The number of ether oxygens (including phenoxy) is 2. The lowest BCUT2D eigenvalue weighted by molar-refractivity contribution is -0.128. The number of rotatable bonds is 6. The zero-order valence-electron chi connectivity index (χ0n) is 18.7. The number of likely N-dealkylation sites (tertiary alicyclic amines) is 1. The van der Waals surface area contributed by atoms with Crippen molar-refractivity contribution in [3.63, 3.8) is 0 Å². The number of carbonyl (C=O) groups is 1. The van der Waals surface area contributed by atoms with Crippen molar-refractivity contribution in [2.75, 3.05) is 25.5 Å². The van der Waals surface area contributed by atoms with Crippen molar-refractivity contribution in [1.82, 2.24) is 24.3 Å². The first-order valence-corrected chi connectivity index (χ1v) is 11.2. The summed E-state index contributed by atoms with van der Waals surface area (Å²) in [6.07, 6.45) is 5.95. The first-order valence-electron chi connectivity index (χ1n) is 10.8. The Morgan fingerprint density at radius 1 is 1.21 bits per heavy atom. The SMILES string of the molecule is COc1cc(O[C@H]2CCN(C(C)=O)C2)ccc1Nc1ncc(Cl)c(-c2cnc3ccccn23)n1. The number of benzene rings is 1. The molecule has 1 aliphatic heterocycles. The molecule has 34 heavy (non-hydrogen) atoms. The van der Waals surface area contributed by atoms with Gasteiger partial charge in [0, 0.05) is 32.2 Å². The fourth-order valence-electron chi connectivity index (χ4n) is 3.99. The van der Waals surface area contributed by atoms with Gasteiger partial charge in [0.1, 0.15) is 28.9 Å². The molecule has 1 N–H and O–H groups in total. The summed E-state index contributed by atoms with van der Waals surface area (Å²) < 4.78 is 13.5. The molecule has 1 amide bonds. The summed E-state index contributed by atoms with van der Waals surface area (Å²) in [5.41, 5.74) is 2.80. The van der Waals surface area contributed by atoms with Gasteiger partial charge in [-0.25, -0.2) is 15.0 Å². The number of carbonyl (C=O) groups excluding carboxylic acids is 1. The van der Waals surface area contributed by atoms with Gasteiger partial charge in [-0.2, -0.15) is 0 Å². The first-order chi connectivity index (χ1) is 16.5. The van der Waals surface area contributed by atoms with Gasteiger partial charge in [0.2, 0.25) is 11.9 Å². The number of nitrogens with one attached hydrogen (secondary N) is 1. The van der Waals surface area contributed by atoms with Crippen molar-refractivity contribution in [1.29, 1.82) is 0 Å². The van der Waals surface area contributed by atoms with E-state index in [0.29, 0.717) is 46.9 Å². The van der Waals surface area contributed by atoms with Crippen LogP contribution in [0, 0.1) is 0 Å². The monoisotopic (exact) mass is 478 g/mol. The van der Waals surface area contributed by atoms with E-state index in [4.69, 9.17) is 21.1 Å². The first kappa shape index (κ1) is 22.0. The molecule has 0 unspecified atom stereocenters. The number of anilines is 2. The van der Waals surface area contributed by atoms with Crippen LogP contribution in [0.5, 0.6) is 11.5 Å². The minimum Gasteiger partial charge on any atom is -0.494 e. The van der Waals surface area contributed by atoms with E-state index < -0.39 is 0 Å². The molecule has 1 atom stereocenters. The van der Waals surface area contributed by atoms with Gasteiger partial charge in [0.25, 0.3) is 0 Å². The maximum Gasteiger partial charge on any atom is 0.227 e. The molecular formula is C24H23ClN6O3. The Kier molecular flexibility index (Phi) is 5.93. The van der Waals surface area contributed by atoms with E-state index in [1.54, 1.807) is 37.4 Å².